The zero-order chi connectivity index (χ0) is 26.1. The highest BCUT2D eigenvalue weighted by Crippen LogP contribution is 2.16. The molecule has 2 unspecified atom stereocenters. The highest BCUT2D eigenvalue weighted by molar-refractivity contribution is 7.89. The summed E-state index contributed by atoms with van der Waals surface area (Å²) in [5, 5.41) is 5.30. The van der Waals surface area contributed by atoms with Crippen LogP contribution in [-0.4, -0.2) is 49.6 Å². The fraction of sp³-hybridized carbons (Fsp3) is 0.462. The summed E-state index contributed by atoms with van der Waals surface area (Å²) in [7, 11) is -3.97. The monoisotopic (exact) mass is 514 g/mol. The molecule has 10 heteroatoms. The molecule has 9 nitrogen and oxygen atoms in total. The first-order valence-corrected chi connectivity index (χ1v) is 13.8. The number of Topliss-reactive ketones (excluding diaryl/α,β-unsaturated/α-hetero) is 1. The quantitative estimate of drug-likeness (QED) is 0.483. The van der Waals surface area contributed by atoms with Crippen LogP contribution < -0.4 is 15.4 Å². The number of hydrogen-bond donors (Lipinski definition) is 3. The van der Waals surface area contributed by atoms with Gasteiger partial charge < -0.3 is 10.6 Å². The van der Waals surface area contributed by atoms with Crippen molar-refractivity contribution in [2.75, 3.05) is 6.54 Å². The van der Waals surface area contributed by atoms with Gasteiger partial charge >= 0.3 is 0 Å². The molecule has 1 aliphatic heterocycles. The molecule has 1 aromatic heterocycles. The van der Waals surface area contributed by atoms with E-state index >= 15 is 0 Å². The number of nitrogens with zero attached hydrogens (tertiary/aromatic N) is 1. The Morgan fingerprint density at radius 2 is 1.83 bits per heavy atom. The van der Waals surface area contributed by atoms with Crippen LogP contribution in [0.3, 0.4) is 0 Å². The van der Waals surface area contributed by atoms with Gasteiger partial charge in [-0.1, -0.05) is 32.0 Å². The summed E-state index contributed by atoms with van der Waals surface area (Å²) in [6.07, 6.45) is 6.74. The normalized spacial score (nSPS) is 18.4. The summed E-state index contributed by atoms with van der Waals surface area (Å²) in [4.78, 5) is 43.0. The Morgan fingerprint density at radius 1 is 1.08 bits per heavy atom. The van der Waals surface area contributed by atoms with E-state index in [-0.39, 0.29) is 23.7 Å². The molecule has 194 valence electrons. The molecule has 2 heterocycles. The summed E-state index contributed by atoms with van der Waals surface area (Å²) in [6, 6.07) is 7.53. The lowest BCUT2D eigenvalue weighted by molar-refractivity contribution is -0.140. The molecule has 0 spiro atoms. The summed E-state index contributed by atoms with van der Waals surface area (Å²) in [6.45, 7) is 4.10. The number of carbonyl (C=O) groups is 3. The van der Waals surface area contributed by atoms with Gasteiger partial charge in [0.25, 0.3) is 5.91 Å². The fourth-order valence-corrected chi connectivity index (χ4v) is 5.42. The second kappa shape index (κ2) is 12.7. The highest BCUT2D eigenvalue weighted by Gasteiger charge is 2.32. The molecule has 36 heavy (non-hydrogen) atoms. The molecule has 0 fully saturated rings. The van der Waals surface area contributed by atoms with Crippen LogP contribution in [0.25, 0.3) is 0 Å². The van der Waals surface area contributed by atoms with Gasteiger partial charge in [0.05, 0.1) is 10.9 Å². The van der Waals surface area contributed by atoms with Gasteiger partial charge in [-0.05, 0) is 73.8 Å². The molecule has 3 N–H and O–H groups in total. The van der Waals surface area contributed by atoms with Gasteiger partial charge in [-0.25, -0.2) is 8.42 Å². The second-order valence-corrected chi connectivity index (χ2v) is 11.2. The lowest BCUT2D eigenvalue weighted by Crippen LogP contribution is -2.54. The molecule has 0 radical (unpaired) electrons. The Balaban J connectivity index is 1.82. The molecular weight excluding hydrogens is 480 g/mol. The number of rotatable bonds is 7. The van der Waals surface area contributed by atoms with Crippen LogP contribution in [0.15, 0.2) is 53.7 Å². The van der Waals surface area contributed by atoms with Crippen LogP contribution in [-0.2, 0) is 37.2 Å². The van der Waals surface area contributed by atoms with Crippen LogP contribution in [0.1, 0.15) is 50.7 Å². The number of ketones is 1. The fourth-order valence-electron chi connectivity index (χ4n) is 4.19. The van der Waals surface area contributed by atoms with Crippen molar-refractivity contribution in [2.24, 2.45) is 5.92 Å². The zero-order valence-electron chi connectivity index (χ0n) is 20.7. The molecule has 1 aliphatic rings. The standard InChI is InChI=1S/C26H34N4O5S/c1-18(2)16-23(30-36(34,35)21-9-4-3-5-10-21)25(32)29-22-12-11-20-17-27-15-13-19(20)8-6-7-14-28-26(33)24(22)31/h3-5,9-10,13,15,17-18,22-23,30H,6-8,11-12,14,16H2,1-2H3,(H,28,33)(H,29,32). The first-order chi connectivity index (χ1) is 17.2. The maximum absolute atomic E-state index is 13.3. The Labute approximate surface area is 212 Å². The Hall–Kier alpha value is -3.11. The number of amides is 2. The average Bonchev–Trinajstić information content (AvgIpc) is 2.85. The van der Waals surface area contributed by atoms with E-state index < -0.39 is 39.7 Å². The predicted molar refractivity (Wildman–Crippen MR) is 135 cm³/mol. The minimum atomic E-state index is -3.97. The Morgan fingerprint density at radius 3 is 2.56 bits per heavy atom. The second-order valence-electron chi connectivity index (χ2n) is 9.44. The van der Waals surface area contributed by atoms with Crippen molar-refractivity contribution in [2.45, 2.75) is 69.4 Å². The lowest BCUT2D eigenvalue weighted by atomic mass is 9.96. The number of sulfonamides is 1. The lowest BCUT2D eigenvalue weighted by Gasteiger charge is -2.24. The number of aryl methyl sites for hydroxylation is 2. The number of pyridine rings is 1. The SMILES string of the molecule is CC(C)CC(NS(=O)(=O)c1ccccc1)C(=O)NC1CCc2cnccc2CCCCNC(=O)C1=O. The summed E-state index contributed by atoms with van der Waals surface area (Å²) in [5.74, 6) is -2.15. The molecule has 3 rings (SSSR count). The van der Waals surface area contributed by atoms with Crippen molar-refractivity contribution in [3.63, 3.8) is 0 Å². The smallest absolute Gasteiger partial charge is 0.289 e. The van der Waals surface area contributed by atoms with E-state index in [1.165, 1.54) is 12.1 Å². The first kappa shape index (κ1) is 27.5. The topological polar surface area (TPSA) is 134 Å². The molecule has 1 aromatic carbocycles. The van der Waals surface area contributed by atoms with Gasteiger partial charge in [0.1, 0.15) is 6.04 Å². The molecule has 0 saturated carbocycles. The first-order valence-electron chi connectivity index (χ1n) is 12.3. The van der Waals surface area contributed by atoms with Crippen molar-refractivity contribution in [1.82, 2.24) is 20.3 Å². The number of hydrogen-bond acceptors (Lipinski definition) is 6. The molecular formula is C26H34N4O5S. The number of benzene rings is 1. The van der Waals surface area contributed by atoms with Gasteiger partial charge in [0.15, 0.2) is 0 Å². The van der Waals surface area contributed by atoms with Crippen LogP contribution in [0.2, 0.25) is 0 Å². The van der Waals surface area contributed by atoms with E-state index in [4.69, 9.17) is 0 Å². The van der Waals surface area contributed by atoms with Crippen molar-refractivity contribution >= 4 is 27.6 Å². The third-order valence-electron chi connectivity index (χ3n) is 6.10. The van der Waals surface area contributed by atoms with E-state index in [0.717, 1.165) is 30.4 Å². The van der Waals surface area contributed by atoms with E-state index in [1.54, 1.807) is 30.6 Å². The van der Waals surface area contributed by atoms with Crippen LogP contribution >= 0.6 is 0 Å². The van der Waals surface area contributed by atoms with Crippen molar-refractivity contribution < 1.29 is 22.8 Å². The van der Waals surface area contributed by atoms with Crippen LogP contribution in [0.5, 0.6) is 0 Å². The predicted octanol–water partition coefficient (Wildman–Crippen LogP) is 1.91. The van der Waals surface area contributed by atoms with Gasteiger partial charge in [0.2, 0.25) is 21.7 Å². The average molecular weight is 515 g/mol. The van der Waals surface area contributed by atoms with Crippen LogP contribution in [0.4, 0.5) is 0 Å². The minimum absolute atomic E-state index is 0.00696. The Bertz CT molecular complexity index is 1170. The number of carbonyl (C=O) groups excluding carboxylic acids is 3. The minimum Gasteiger partial charge on any atom is -0.349 e. The number of aromatic nitrogens is 1. The molecule has 0 saturated heterocycles. The van der Waals surface area contributed by atoms with Crippen molar-refractivity contribution in [1.29, 1.82) is 0 Å². The van der Waals surface area contributed by atoms with Gasteiger partial charge in [0, 0.05) is 18.9 Å². The Kier molecular flexibility index (Phi) is 9.72. The van der Waals surface area contributed by atoms with Gasteiger partial charge in [-0.2, -0.15) is 4.72 Å². The molecule has 2 atom stereocenters. The van der Waals surface area contributed by atoms with Crippen molar-refractivity contribution in [3.05, 3.63) is 59.9 Å². The van der Waals surface area contributed by atoms with Gasteiger partial charge in [-0.15, -0.1) is 0 Å². The largest absolute Gasteiger partial charge is 0.349 e. The third-order valence-corrected chi connectivity index (χ3v) is 7.58. The van der Waals surface area contributed by atoms with E-state index in [0.29, 0.717) is 13.0 Å². The molecule has 0 bridgehead atoms. The van der Waals surface area contributed by atoms with E-state index in [1.807, 2.05) is 19.9 Å². The van der Waals surface area contributed by atoms with Gasteiger partial charge in [-0.3, -0.25) is 19.4 Å². The molecule has 0 aliphatic carbocycles. The molecule has 2 amide bonds. The number of fused-ring (bicyclic) bond motifs is 1. The van der Waals surface area contributed by atoms with Crippen LogP contribution in [0, 0.1) is 5.92 Å². The summed E-state index contributed by atoms with van der Waals surface area (Å²) in [5.41, 5.74) is 2.09. The maximum Gasteiger partial charge on any atom is 0.289 e. The molecule has 2 aromatic rings. The maximum atomic E-state index is 13.3. The highest BCUT2D eigenvalue weighted by atomic mass is 32.2. The zero-order valence-corrected chi connectivity index (χ0v) is 21.5. The van der Waals surface area contributed by atoms with E-state index in [2.05, 4.69) is 20.3 Å². The van der Waals surface area contributed by atoms with E-state index in [9.17, 15) is 22.8 Å². The summed E-state index contributed by atoms with van der Waals surface area (Å²) < 4.78 is 28.3. The third kappa shape index (κ3) is 7.69. The number of nitrogens with one attached hydrogen (secondary N) is 3. The summed E-state index contributed by atoms with van der Waals surface area (Å²) >= 11 is 0. The van der Waals surface area contributed by atoms with Crippen molar-refractivity contribution in [3.8, 4) is 0 Å².